The van der Waals surface area contributed by atoms with E-state index in [0.717, 1.165) is 17.9 Å². The van der Waals surface area contributed by atoms with Crippen LogP contribution < -0.4 is 14.2 Å². The smallest absolute Gasteiger partial charge is 0.231 e. The largest absolute Gasteiger partial charge is 0.507 e. The summed E-state index contributed by atoms with van der Waals surface area (Å²) in [6, 6.07) is 13.2. The van der Waals surface area contributed by atoms with E-state index < -0.39 is 0 Å². The molecule has 22 heavy (non-hydrogen) atoms. The van der Waals surface area contributed by atoms with E-state index in [2.05, 4.69) is 4.90 Å². The number of fused-ring (bicyclic) bond motifs is 1. The molecule has 0 unspecified atom stereocenters. The standard InChI is InChI=1S/C17H19NO4/c1-18(7-8-20-14-5-3-2-4-6-14)11-13-9-16-17(10-15(13)19)22-12-21-16/h2-6,9-10,19H,7-8,11-12H2,1H3. The molecule has 0 fully saturated rings. The zero-order chi connectivity index (χ0) is 15.4. The first-order valence-electron chi connectivity index (χ1n) is 7.20. The second-order valence-corrected chi connectivity index (χ2v) is 5.23. The lowest BCUT2D eigenvalue weighted by Crippen LogP contribution is -2.23. The molecule has 0 aliphatic carbocycles. The number of para-hydroxylation sites is 1. The van der Waals surface area contributed by atoms with E-state index in [4.69, 9.17) is 14.2 Å². The van der Waals surface area contributed by atoms with Gasteiger partial charge in [-0.3, -0.25) is 4.90 Å². The van der Waals surface area contributed by atoms with Crippen LogP contribution in [0.25, 0.3) is 0 Å². The van der Waals surface area contributed by atoms with Crippen LogP contribution in [0.3, 0.4) is 0 Å². The SMILES string of the molecule is CN(CCOc1ccccc1)Cc1cc2c(cc1O)OCO2. The van der Waals surface area contributed by atoms with Crippen LogP contribution in [-0.2, 0) is 6.54 Å². The Kier molecular flexibility index (Phi) is 4.34. The molecule has 0 amide bonds. The maximum absolute atomic E-state index is 10.0. The molecule has 0 spiro atoms. The van der Waals surface area contributed by atoms with Gasteiger partial charge < -0.3 is 19.3 Å². The second kappa shape index (κ2) is 6.58. The van der Waals surface area contributed by atoms with Crippen molar-refractivity contribution in [1.82, 2.24) is 4.90 Å². The second-order valence-electron chi connectivity index (χ2n) is 5.23. The monoisotopic (exact) mass is 301 g/mol. The van der Waals surface area contributed by atoms with Crippen molar-refractivity contribution in [2.45, 2.75) is 6.54 Å². The molecule has 3 rings (SSSR count). The molecule has 0 saturated heterocycles. The van der Waals surface area contributed by atoms with Gasteiger partial charge in [0.05, 0.1) is 0 Å². The van der Waals surface area contributed by atoms with Gasteiger partial charge in [-0.2, -0.15) is 0 Å². The Bertz CT molecular complexity index is 630. The fraction of sp³-hybridized carbons (Fsp3) is 0.294. The molecule has 1 N–H and O–H groups in total. The van der Waals surface area contributed by atoms with Crippen LogP contribution in [-0.4, -0.2) is 37.0 Å². The minimum atomic E-state index is 0.207. The maximum atomic E-state index is 10.0. The number of ether oxygens (including phenoxy) is 3. The van der Waals surface area contributed by atoms with Gasteiger partial charge in [-0.15, -0.1) is 0 Å². The van der Waals surface area contributed by atoms with Gasteiger partial charge in [0.2, 0.25) is 6.79 Å². The molecular formula is C17H19NO4. The molecule has 5 nitrogen and oxygen atoms in total. The van der Waals surface area contributed by atoms with Gasteiger partial charge in [0.15, 0.2) is 11.5 Å². The molecule has 1 aliphatic heterocycles. The van der Waals surface area contributed by atoms with Crippen LogP contribution in [0.2, 0.25) is 0 Å². The number of aromatic hydroxyl groups is 1. The summed E-state index contributed by atoms with van der Waals surface area (Å²) in [7, 11) is 1.98. The maximum Gasteiger partial charge on any atom is 0.231 e. The van der Waals surface area contributed by atoms with Crippen LogP contribution in [0, 0.1) is 0 Å². The van der Waals surface area contributed by atoms with Crippen molar-refractivity contribution in [3.8, 4) is 23.0 Å². The molecular weight excluding hydrogens is 282 g/mol. The highest BCUT2D eigenvalue weighted by molar-refractivity contribution is 5.51. The van der Waals surface area contributed by atoms with Crippen LogP contribution in [0.15, 0.2) is 42.5 Å². The first kappa shape index (κ1) is 14.5. The van der Waals surface area contributed by atoms with E-state index in [0.29, 0.717) is 24.7 Å². The van der Waals surface area contributed by atoms with Crippen molar-refractivity contribution in [3.05, 3.63) is 48.0 Å². The molecule has 0 saturated carbocycles. The number of hydrogen-bond donors (Lipinski definition) is 1. The molecule has 5 heteroatoms. The Balaban J connectivity index is 1.52. The van der Waals surface area contributed by atoms with E-state index >= 15 is 0 Å². The Morgan fingerprint density at radius 2 is 1.86 bits per heavy atom. The molecule has 0 bridgehead atoms. The number of nitrogens with zero attached hydrogens (tertiary/aromatic N) is 1. The summed E-state index contributed by atoms with van der Waals surface area (Å²) in [6.45, 7) is 2.16. The van der Waals surface area contributed by atoms with Gasteiger partial charge in [0.25, 0.3) is 0 Å². The van der Waals surface area contributed by atoms with E-state index in [1.165, 1.54) is 0 Å². The number of likely N-dealkylation sites (N-methyl/N-ethyl adjacent to an activating group) is 1. The fourth-order valence-electron chi connectivity index (χ4n) is 2.31. The minimum Gasteiger partial charge on any atom is -0.507 e. The topological polar surface area (TPSA) is 51.2 Å². The van der Waals surface area contributed by atoms with Crippen molar-refractivity contribution in [1.29, 1.82) is 0 Å². The summed E-state index contributed by atoms with van der Waals surface area (Å²) in [4.78, 5) is 2.08. The number of rotatable bonds is 6. The Labute approximate surface area is 129 Å². The molecule has 1 heterocycles. The summed E-state index contributed by atoms with van der Waals surface area (Å²) in [6.07, 6.45) is 0. The van der Waals surface area contributed by atoms with Gasteiger partial charge in [-0.25, -0.2) is 0 Å². The molecule has 2 aromatic rings. The lowest BCUT2D eigenvalue weighted by atomic mass is 10.1. The first-order valence-corrected chi connectivity index (χ1v) is 7.20. The third kappa shape index (κ3) is 3.43. The van der Waals surface area contributed by atoms with Gasteiger partial charge >= 0.3 is 0 Å². The number of hydrogen-bond acceptors (Lipinski definition) is 5. The van der Waals surface area contributed by atoms with Crippen LogP contribution in [0.4, 0.5) is 0 Å². The predicted octanol–water partition coefficient (Wildman–Crippen LogP) is 2.63. The Hall–Kier alpha value is -2.40. The van der Waals surface area contributed by atoms with Crippen LogP contribution >= 0.6 is 0 Å². The average molecular weight is 301 g/mol. The third-order valence-corrected chi connectivity index (χ3v) is 3.50. The lowest BCUT2D eigenvalue weighted by molar-refractivity contribution is 0.174. The zero-order valence-electron chi connectivity index (χ0n) is 12.5. The average Bonchev–Trinajstić information content (AvgIpc) is 2.96. The van der Waals surface area contributed by atoms with Crippen molar-refractivity contribution < 1.29 is 19.3 Å². The van der Waals surface area contributed by atoms with Crippen molar-refractivity contribution in [3.63, 3.8) is 0 Å². The predicted molar refractivity (Wildman–Crippen MR) is 82.5 cm³/mol. The highest BCUT2D eigenvalue weighted by Crippen LogP contribution is 2.37. The molecule has 0 radical (unpaired) electrons. The molecule has 0 atom stereocenters. The van der Waals surface area contributed by atoms with Crippen LogP contribution in [0.1, 0.15) is 5.56 Å². The van der Waals surface area contributed by atoms with E-state index in [1.54, 1.807) is 6.07 Å². The highest BCUT2D eigenvalue weighted by Gasteiger charge is 2.17. The van der Waals surface area contributed by atoms with Crippen molar-refractivity contribution >= 4 is 0 Å². The molecule has 116 valence electrons. The normalized spacial score (nSPS) is 12.6. The van der Waals surface area contributed by atoms with E-state index in [9.17, 15) is 5.11 Å². The minimum absolute atomic E-state index is 0.207. The fourth-order valence-corrected chi connectivity index (χ4v) is 2.31. The summed E-state index contributed by atoms with van der Waals surface area (Å²) < 4.78 is 16.2. The van der Waals surface area contributed by atoms with E-state index in [1.807, 2.05) is 43.4 Å². The summed E-state index contributed by atoms with van der Waals surface area (Å²) in [5.74, 6) is 2.36. The van der Waals surface area contributed by atoms with Crippen LogP contribution in [0.5, 0.6) is 23.0 Å². The quantitative estimate of drug-likeness (QED) is 0.889. The number of phenolic OH excluding ortho intramolecular Hbond substituents is 1. The Morgan fingerprint density at radius 3 is 2.64 bits per heavy atom. The lowest BCUT2D eigenvalue weighted by Gasteiger charge is -2.18. The van der Waals surface area contributed by atoms with Crippen molar-refractivity contribution in [2.75, 3.05) is 27.0 Å². The van der Waals surface area contributed by atoms with Gasteiger partial charge in [0, 0.05) is 24.7 Å². The molecule has 1 aliphatic rings. The summed E-state index contributed by atoms with van der Waals surface area (Å²) in [5, 5.41) is 10.0. The molecule has 0 aromatic heterocycles. The number of benzene rings is 2. The third-order valence-electron chi connectivity index (χ3n) is 3.50. The number of phenols is 1. The summed E-state index contributed by atoms with van der Waals surface area (Å²) in [5.41, 5.74) is 0.812. The highest BCUT2D eigenvalue weighted by atomic mass is 16.7. The van der Waals surface area contributed by atoms with E-state index in [-0.39, 0.29) is 12.5 Å². The van der Waals surface area contributed by atoms with Crippen molar-refractivity contribution in [2.24, 2.45) is 0 Å². The van der Waals surface area contributed by atoms with Gasteiger partial charge in [-0.05, 0) is 25.2 Å². The van der Waals surface area contributed by atoms with Gasteiger partial charge in [0.1, 0.15) is 18.1 Å². The zero-order valence-corrected chi connectivity index (χ0v) is 12.5. The first-order chi connectivity index (χ1) is 10.7. The van der Waals surface area contributed by atoms with Gasteiger partial charge in [-0.1, -0.05) is 18.2 Å². The summed E-state index contributed by atoms with van der Waals surface area (Å²) >= 11 is 0. The molecule has 2 aromatic carbocycles. The Morgan fingerprint density at radius 1 is 1.14 bits per heavy atom.